The Kier molecular flexibility index (Phi) is 4.98. The number of aromatic nitrogens is 1. The van der Waals surface area contributed by atoms with Gasteiger partial charge in [0.2, 0.25) is 0 Å². The van der Waals surface area contributed by atoms with Gasteiger partial charge in [-0.25, -0.2) is 13.4 Å². The molecule has 1 aliphatic rings. The summed E-state index contributed by atoms with van der Waals surface area (Å²) in [7, 11) is -1.94. The first-order chi connectivity index (χ1) is 11.5. The molecule has 1 amide bonds. The second-order valence-corrected chi connectivity index (χ2v) is 8.61. The van der Waals surface area contributed by atoms with Gasteiger partial charge in [0, 0.05) is 24.0 Å². The Labute approximate surface area is 144 Å². The van der Waals surface area contributed by atoms with Crippen molar-refractivity contribution in [3.63, 3.8) is 0 Å². The van der Waals surface area contributed by atoms with Crippen LogP contribution in [0.4, 0.5) is 5.13 Å². The number of hydrogen-bond acceptors (Lipinski definition) is 6. The molecule has 3 rings (SSSR count). The molecule has 6 nitrogen and oxygen atoms in total. The van der Waals surface area contributed by atoms with Crippen LogP contribution in [0.25, 0.3) is 0 Å². The molecule has 0 saturated heterocycles. The normalized spacial score (nSPS) is 14.5. The summed E-state index contributed by atoms with van der Waals surface area (Å²) in [6, 6.07) is 5.89. The summed E-state index contributed by atoms with van der Waals surface area (Å²) in [4.78, 5) is 16.8. The predicted molar refractivity (Wildman–Crippen MR) is 92.4 cm³/mol. The van der Waals surface area contributed by atoms with E-state index in [1.807, 2.05) is 5.38 Å². The van der Waals surface area contributed by atoms with Crippen molar-refractivity contribution in [3.05, 3.63) is 40.9 Å². The average Bonchev–Trinajstić information content (AvgIpc) is 3.33. The molecule has 0 aliphatic heterocycles. The quantitative estimate of drug-likeness (QED) is 0.814. The Hall–Kier alpha value is -1.77. The molecule has 1 fully saturated rings. The van der Waals surface area contributed by atoms with E-state index in [-0.39, 0.29) is 23.2 Å². The maximum atomic E-state index is 12.2. The standard InChI is InChI=1S/C16H18N2O4S2/c1-22-8-9-24(20,21)13-6-4-12(5-7-13)15(19)18-16-17-14(10-23-16)11-2-3-11/h4-7,10-11H,2-3,8-9H2,1H3,(H,17,18,19). The van der Waals surface area contributed by atoms with Gasteiger partial charge in [0.15, 0.2) is 15.0 Å². The van der Waals surface area contributed by atoms with Crippen molar-refractivity contribution in [3.8, 4) is 0 Å². The third kappa shape index (κ3) is 4.00. The zero-order valence-corrected chi connectivity index (χ0v) is 14.8. The first kappa shape index (κ1) is 17.1. The van der Waals surface area contributed by atoms with E-state index in [1.54, 1.807) is 0 Å². The van der Waals surface area contributed by atoms with Gasteiger partial charge in [0.1, 0.15) is 0 Å². The van der Waals surface area contributed by atoms with Crippen LogP contribution < -0.4 is 5.32 Å². The van der Waals surface area contributed by atoms with Crippen molar-refractivity contribution < 1.29 is 17.9 Å². The van der Waals surface area contributed by atoms with Gasteiger partial charge in [-0.2, -0.15) is 0 Å². The molecular formula is C16H18N2O4S2. The summed E-state index contributed by atoms with van der Waals surface area (Å²) in [5, 5.41) is 5.29. The fourth-order valence-electron chi connectivity index (χ4n) is 2.20. The molecule has 0 radical (unpaired) electrons. The third-order valence-electron chi connectivity index (χ3n) is 3.77. The van der Waals surface area contributed by atoms with E-state index in [1.165, 1.54) is 42.7 Å². The summed E-state index contributed by atoms with van der Waals surface area (Å²) < 4.78 is 28.9. The number of rotatable bonds is 7. The van der Waals surface area contributed by atoms with Crippen LogP contribution in [0.2, 0.25) is 0 Å². The van der Waals surface area contributed by atoms with Gasteiger partial charge in [0.25, 0.3) is 5.91 Å². The van der Waals surface area contributed by atoms with E-state index in [2.05, 4.69) is 10.3 Å². The number of thiazole rings is 1. The molecule has 2 aromatic rings. The van der Waals surface area contributed by atoms with Gasteiger partial charge >= 0.3 is 0 Å². The van der Waals surface area contributed by atoms with E-state index in [0.29, 0.717) is 16.6 Å². The van der Waals surface area contributed by atoms with E-state index in [4.69, 9.17) is 4.74 Å². The minimum absolute atomic E-state index is 0.0852. The van der Waals surface area contributed by atoms with Crippen LogP contribution in [0.5, 0.6) is 0 Å². The van der Waals surface area contributed by atoms with Gasteiger partial charge in [-0.15, -0.1) is 11.3 Å². The van der Waals surface area contributed by atoms with Crippen LogP contribution in [0.1, 0.15) is 34.8 Å². The molecule has 1 aromatic heterocycles. The molecule has 24 heavy (non-hydrogen) atoms. The number of hydrogen-bond donors (Lipinski definition) is 1. The fraction of sp³-hybridized carbons (Fsp3) is 0.375. The minimum atomic E-state index is -3.39. The van der Waals surface area contributed by atoms with E-state index in [0.717, 1.165) is 18.5 Å². The van der Waals surface area contributed by atoms with Gasteiger partial charge in [0.05, 0.1) is 22.9 Å². The van der Waals surface area contributed by atoms with Crippen LogP contribution in [-0.4, -0.2) is 38.8 Å². The van der Waals surface area contributed by atoms with Crippen LogP contribution >= 0.6 is 11.3 Å². The lowest BCUT2D eigenvalue weighted by molar-refractivity contribution is 0.102. The van der Waals surface area contributed by atoms with E-state index >= 15 is 0 Å². The Balaban J connectivity index is 1.66. The fourth-order valence-corrected chi connectivity index (χ4v) is 4.16. The van der Waals surface area contributed by atoms with Gasteiger partial charge < -0.3 is 4.74 Å². The van der Waals surface area contributed by atoms with Gasteiger partial charge in [-0.05, 0) is 37.1 Å². The van der Waals surface area contributed by atoms with E-state index < -0.39 is 9.84 Å². The number of nitrogens with one attached hydrogen (secondary N) is 1. The summed E-state index contributed by atoms with van der Waals surface area (Å²) in [6.45, 7) is 0.137. The number of carbonyl (C=O) groups is 1. The average molecular weight is 366 g/mol. The Morgan fingerprint density at radius 2 is 2.04 bits per heavy atom. The maximum absolute atomic E-state index is 12.2. The van der Waals surface area contributed by atoms with Crippen molar-refractivity contribution in [1.82, 2.24) is 4.98 Å². The molecule has 1 aromatic carbocycles. The van der Waals surface area contributed by atoms with Crippen molar-refractivity contribution in [2.45, 2.75) is 23.7 Å². The SMILES string of the molecule is COCCS(=O)(=O)c1ccc(C(=O)Nc2nc(C3CC3)cs2)cc1. The highest BCUT2D eigenvalue weighted by Gasteiger charge is 2.26. The van der Waals surface area contributed by atoms with Crippen molar-refractivity contribution in [1.29, 1.82) is 0 Å². The lowest BCUT2D eigenvalue weighted by atomic mass is 10.2. The predicted octanol–water partition coefficient (Wildman–Crippen LogP) is 2.69. The molecule has 1 saturated carbocycles. The number of benzene rings is 1. The first-order valence-electron chi connectivity index (χ1n) is 7.58. The monoisotopic (exact) mass is 366 g/mol. The Morgan fingerprint density at radius 1 is 1.33 bits per heavy atom. The number of carbonyl (C=O) groups excluding carboxylic acids is 1. The van der Waals surface area contributed by atoms with Gasteiger partial charge in [-0.1, -0.05) is 0 Å². The number of sulfone groups is 1. The largest absolute Gasteiger partial charge is 0.384 e. The second kappa shape index (κ2) is 7.00. The number of nitrogens with zero attached hydrogens (tertiary/aromatic N) is 1. The number of amides is 1. The second-order valence-electron chi connectivity index (χ2n) is 5.64. The molecule has 8 heteroatoms. The lowest BCUT2D eigenvalue weighted by Gasteiger charge is -2.05. The molecule has 0 bridgehead atoms. The third-order valence-corrected chi connectivity index (χ3v) is 6.24. The molecule has 0 spiro atoms. The summed E-state index contributed by atoms with van der Waals surface area (Å²) in [5.41, 5.74) is 1.43. The molecule has 0 unspecified atom stereocenters. The van der Waals surface area contributed by atoms with Crippen LogP contribution in [0, 0.1) is 0 Å². The Bertz CT molecular complexity index is 824. The molecule has 128 valence electrons. The smallest absolute Gasteiger partial charge is 0.257 e. The van der Waals surface area contributed by atoms with Crippen LogP contribution in [0.15, 0.2) is 34.5 Å². The van der Waals surface area contributed by atoms with Crippen molar-refractivity contribution >= 4 is 32.2 Å². The molecule has 1 heterocycles. The molecule has 0 atom stereocenters. The molecule has 1 aliphatic carbocycles. The lowest BCUT2D eigenvalue weighted by Crippen LogP contribution is -2.14. The number of methoxy groups -OCH3 is 1. The maximum Gasteiger partial charge on any atom is 0.257 e. The zero-order valence-electron chi connectivity index (χ0n) is 13.2. The molecule has 1 N–H and O–H groups in total. The summed E-state index contributed by atoms with van der Waals surface area (Å²) in [6.07, 6.45) is 2.33. The number of ether oxygens (including phenoxy) is 1. The molecular weight excluding hydrogens is 348 g/mol. The highest BCUT2D eigenvalue weighted by atomic mass is 32.2. The van der Waals surface area contributed by atoms with Crippen LogP contribution in [0.3, 0.4) is 0 Å². The van der Waals surface area contributed by atoms with E-state index in [9.17, 15) is 13.2 Å². The van der Waals surface area contributed by atoms with Crippen molar-refractivity contribution in [2.24, 2.45) is 0 Å². The van der Waals surface area contributed by atoms with Crippen molar-refractivity contribution in [2.75, 3.05) is 24.8 Å². The summed E-state index contributed by atoms with van der Waals surface area (Å²) >= 11 is 1.40. The highest BCUT2D eigenvalue weighted by molar-refractivity contribution is 7.91. The highest BCUT2D eigenvalue weighted by Crippen LogP contribution is 2.40. The topological polar surface area (TPSA) is 85.4 Å². The van der Waals surface area contributed by atoms with Crippen LogP contribution in [-0.2, 0) is 14.6 Å². The minimum Gasteiger partial charge on any atom is -0.384 e. The van der Waals surface area contributed by atoms with Gasteiger partial charge in [-0.3, -0.25) is 10.1 Å². The first-order valence-corrected chi connectivity index (χ1v) is 10.1. The number of anilines is 1. The zero-order chi connectivity index (χ0) is 17.2. The summed E-state index contributed by atoms with van der Waals surface area (Å²) in [5.74, 6) is 0.161. The Morgan fingerprint density at radius 3 is 2.67 bits per heavy atom.